The van der Waals surface area contributed by atoms with E-state index in [0.717, 1.165) is 11.1 Å². The summed E-state index contributed by atoms with van der Waals surface area (Å²) in [6.07, 6.45) is 2.19. The van der Waals surface area contributed by atoms with E-state index in [2.05, 4.69) is 0 Å². The number of nitrogens with zero attached hydrogens (tertiary/aromatic N) is 2. The maximum Gasteiger partial charge on any atom is 0.414 e. The maximum absolute atomic E-state index is 12.5. The van der Waals surface area contributed by atoms with Crippen LogP contribution in [0.5, 0.6) is 5.75 Å². The number of nitro groups is 1. The molecule has 3 rings (SSSR count). The molecule has 1 amide bonds. The highest BCUT2D eigenvalue weighted by Gasteiger charge is 2.24. The first-order valence-electron chi connectivity index (χ1n) is 12.9. The van der Waals surface area contributed by atoms with Crippen LogP contribution in [0.25, 0.3) is 12.2 Å². The Morgan fingerprint density at radius 2 is 1.66 bits per heavy atom. The summed E-state index contributed by atoms with van der Waals surface area (Å²) < 4.78 is 44.8. The second-order valence-electron chi connectivity index (χ2n) is 10.4. The van der Waals surface area contributed by atoms with Crippen LogP contribution in [0.2, 0.25) is 0 Å². The highest BCUT2D eigenvalue weighted by molar-refractivity contribution is 7.85. The monoisotopic (exact) mass is 582 g/mol. The van der Waals surface area contributed by atoms with Crippen LogP contribution < -0.4 is 9.64 Å². The summed E-state index contributed by atoms with van der Waals surface area (Å²) in [6, 6.07) is 16.0. The molecule has 0 bridgehead atoms. The van der Waals surface area contributed by atoms with Gasteiger partial charge in [0.1, 0.15) is 16.6 Å². The number of aryl methyl sites for hydroxylation is 1. The van der Waals surface area contributed by atoms with Gasteiger partial charge in [-0.3, -0.25) is 19.6 Å². The van der Waals surface area contributed by atoms with Crippen molar-refractivity contribution in [2.45, 2.75) is 58.1 Å². The number of benzene rings is 3. The number of rotatable bonds is 9. The average molecular weight is 583 g/mol. The largest absolute Gasteiger partial charge is 0.479 e. The Morgan fingerprint density at radius 3 is 2.22 bits per heavy atom. The maximum atomic E-state index is 12.5. The molecule has 0 saturated heterocycles. The average Bonchev–Trinajstić information content (AvgIpc) is 2.86. The SMILES string of the molecule is CCN(C(=O)OC(C)(C)C)c1ccc(/C=C/c2ccc([N+](=O)[O-])c(OC(C)c3cc(C)ccc3S(=O)(=O)O)c2)cc1. The third-order valence-corrected chi connectivity index (χ3v) is 6.90. The fourth-order valence-corrected chi connectivity index (χ4v) is 4.81. The van der Waals surface area contributed by atoms with Gasteiger partial charge in [-0.05, 0) is 83.0 Å². The van der Waals surface area contributed by atoms with Crippen LogP contribution in [0.15, 0.2) is 65.6 Å². The fourth-order valence-electron chi connectivity index (χ4n) is 4.05. The van der Waals surface area contributed by atoms with Crippen molar-refractivity contribution in [3.63, 3.8) is 0 Å². The van der Waals surface area contributed by atoms with Gasteiger partial charge < -0.3 is 9.47 Å². The van der Waals surface area contributed by atoms with E-state index < -0.39 is 32.8 Å². The van der Waals surface area contributed by atoms with Crippen molar-refractivity contribution in [2.75, 3.05) is 11.4 Å². The minimum atomic E-state index is -4.54. The predicted molar refractivity (Wildman–Crippen MR) is 158 cm³/mol. The molecule has 1 N–H and O–H groups in total. The van der Waals surface area contributed by atoms with Gasteiger partial charge >= 0.3 is 11.8 Å². The Labute approximate surface area is 240 Å². The molecule has 3 aromatic carbocycles. The second kappa shape index (κ2) is 12.5. The number of hydrogen-bond donors (Lipinski definition) is 1. The first-order valence-corrected chi connectivity index (χ1v) is 14.3. The number of anilines is 1. The molecule has 0 heterocycles. The number of carbonyl (C=O) groups excluding carboxylic acids is 1. The topological polar surface area (TPSA) is 136 Å². The van der Waals surface area contributed by atoms with Crippen molar-refractivity contribution >= 4 is 39.7 Å². The lowest BCUT2D eigenvalue weighted by Gasteiger charge is -2.26. The van der Waals surface area contributed by atoms with Gasteiger partial charge in [-0.1, -0.05) is 42.0 Å². The molecular weight excluding hydrogens is 548 g/mol. The summed E-state index contributed by atoms with van der Waals surface area (Å²) in [7, 11) is -4.54. The van der Waals surface area contributed by atoms with Crippen LogP contribution in [0, 0.1) is 17.0 Å². The summed E-state index contributed by atoms with van der Waals surface area (Å²) in [5.74, 6) is -0.0567. The van der Waals surface area contributed by atoms with Crippen LogP contribution in [0.3, 0.4) is 0 Å². The van der Waals surface area contributed by atoms with Crippen molar-refractivity contribution < 1.29 is 32.2 Å². The molecule has 41 heavy (non-hydrogen) atoms. The minimum absolute atomic E-state index is 0.0567. The molecule has 1 atom stereocenters. The third-order valence-electron chi connectivity index (χ3n) is 5.97. The van der Waals surface area contributed by atoms with E-state index in [1.54, 1.807) is 71.0 Å². The highest BCUT2D eigenvalue weighted by atomic mass is 32.2. The Kier molecular flexibility index (Phi) is 9.57. The van der Waals surface area contributed by atoms with Gasteiger partial charge in [-0.2, -0.15) is 8.42 Å². The Hall–Kier alpha value is -4.22. The smallest absolute Gasteiger partial charge is 0.414 e. The molecule has 11 heteroatoms. The third kappa shape index (κ3) is 8.38. The van der Waals surface area contributed by atoms with Crippen molar-refractivity contribution in [1.82, 2.24) is 0 Å². The molecular formula is C30H34N2O8S. The molecule has 0 aromatic heterocycles. The highest BCUT2D eigenvalue weighted by Crippen LogP contribution is 2.34. The summed E-state index contributed by atoms with van der Waals surface area (Å²) in [6.45, 7) is 11.0. The molecule has 0 saturated carbocycles. The number of nitro benzene ring substituents is 1. The Balaban J connectivity index is 1.86. The lowest BCUT2D eigenvalue weighted by atomic mass is 10.1. The molecule has 0 aliphatic rings. The normalized spacial score (nSPS) is 12.7. The molecule has 0 fully saturated rings. The van der Waals surface area contributed by atoms with Crippen LogP contribution >= 0.6 is 0 Å². The zero-order valence-electron chi connectivity index (χ0n) is 23.8. The lowest BCUT2D eigenvalue weighted by molar-refractivity contribution is -0.386. The molecule has 0 spiro atoms. The zero-order chi connectivity index (χ0) is 30.5. The second-order valence-corrected chi connectivity index (χ2v) is 11.8. The number of carbonyl (C=O) groups is 1. The Morgan fingerprint density at radius 1 is 1.05 bits per heavy atom. The zero-order valence-corrected chi connectivity index (χ0v) is 24.6. The quantitative estimate of drug-likeness (QED) is 0.121. The first-order chi connectivity index (χ1) is 19.1. The first kappa shape index (κ1) is 31.3. The van der Waals surface area contributed by atoms with E-state index >= 15 is 0 Å². The number of hydrogen-bond acceptors (Lipinski definition) is 7. The lowest BCUT2D eigenvalue weighted by Crippen LogP contribution is -2.36. The van der Waals surface area contributed by atoms with E-state index in [-0.39, 0.29) is 21.9 Å². The van der Waals surface area contributed by atoms with Crippen molar-refractivity contribution in [1.29, 1.82) is 0 Å². The van der Waals surface area contributed by atoms with Crippen LogP contribution in [-0.2, 0) is 14.9 Å². The standard InChI is InChI=1S/C30H34N2O8S/c1-7-31(29(33)40-30(4,5)6)24-14-11-22(12-15-24)9-10-23-13-16-26(32(34)35)27(19-23)39-21(3)25-18-20(2)8-17-28(25)41(36,37)38/h8-19,21H,7H2,1-6H3,(H,36,37,38)/b10-9+. The van der Waals surface area contributed by atoms with Gasteiger partial charge in [0, 0.05) is 23.9 Å². The van der Waals surface area contributed by atoms with E-state index in [1.165, 1.54) is 29.2 Å². The van der Waals surface area contributed by atoms with E-state index in [9.17, 15) is 27.9 Å². The van der Waals surface area contributed by atoms with Gasteiger partial charge in [0.15, 0.2) is 5.75 Å². The number of amides is 1. The molecule has 0 radical (unpaired) electrons. The van der Waals surface area contributed by atoms with Crippen LogP contribution in [0.1, 0.15) is 63.0 Å². The molecule has 3 aromatic rings. The van der Waals surface area contributed by atoms with Crippen LogP contribution in [-0.4, -0.2) is 36.1 Å². The molecule has 218 valence electrons. The van der Waals surface area contributed by atoms with Crippen molar-refractivity contribution in [3.8, 4) is 5.75 Å². The summed E-state index contributed by atoms with van der Waals surface area (Å²) in [5.41, 5.74) is 2.10. The van der Waals surface area contributed by atoms with E-state index in [4.69, 9.17) is 9.47 Å². The summed E-state index contributed by atoms with van der Waals surface area (Å²) in [5, 5.41) is 11.7. The minimum Gasteiger partial charge on any atom is -0.479 e. The van der Waals surface area contributed by atoms with Crippen molar-refractivity contribution in [2.24, 2.45) is 0 Å². The van der Waals surface area contributed by atoms with Gasteiger partial charge in [0.2, 0.25) is 0 Å². The molecule has 1 unspecified atom stereocenters. The van der Waals surface area contributed by atoms with E-state index in [1.807, 2.05) is 19.1 Å². The van der Waals surface area contributed by atoms with Gasteiger partial charge in [-0.25, -0.2) is 4.79 Å². The van der Waals surface area contributed by atoms with E-state index in [0.29, 0.717) is 17.8 Å². The van der Waals surface area contributed by atoms with Gasteiger partial charge in [-0.15, -0.1) is 0 Å². The summed E-state index contributed by atoms with van der Waals surface area (Å²) >= 11 is 0. The van der Waals surface area contributed by atoms with Crippen LogP contribution in [0.4, 0.5) is 16.2 Å². The summed E-state index contributed by atoms with van der Waals surface area (Å²) in [4.78, 5) is 24.8. The number of ether oxygens (including phenoxy) is 2. The molecule has 10 nitrogen and oxygen atoms in total. The molecule has 0 aliphatic carbocycles. The van der Waals surface area contributed by atoms with Gasteiger partial charge in [0.25, 0.3) is 10.1 Å². The Bertz CT molecular complexity index is 1560. The fraction of sp³-hybridized carbons (Fsp3) is 0.300. The van der Waals surface area contributed by atoms with Crippen molar-refractivity contribution in [3.05, 3.63) is 93.0 Å². The van der Waals surface area contributed by atoms with Gasteiger partial charge in [0.05, 0.1) is 4.92 Å². The molecule has 0 aliphatic heterocycles. The predicted octanol–water partition coefficient (Wildman–Crippen LogP) is 7.22.